The zero-order valence-electron chi connectivity index (χ0n) is 25.9. The number of esters is 1. The quantitative estimate of drug-likeness (QED) is 0.108. The van der Waals surface area contributed by atoms with Gasteiger partial charge >= 0.3 is 5.97 Å². The second-order valence-electron chi connectivity index (χ2n) is 11.6. The predicted octanol–water partition coefficient (Wildman–Crippen LogP) is 8.14. The zero-order chi connectivity index (χ0) is 28.8. The van der Waals surface area contributed by atoms with Crippen LogP contribution in [0.25, 0.3) is 0 Å². The van der Waals surface area contributed by atoms with E-state index in [1.807, 2.05) is 24.3 Å². The van der Waals surface area contributed by atoms with Crippen LogP contribution < -0.4 is 10.1 Å². The van der Waals surface area contributed by atoms with Crippen LogP contribution in [0, 0.1) is 0 Å². The number of carbonyl (C=O) groups is 2. The van der Waals surface area contributed by atoms with Gasteiger partial charge in [-0.05, 0) is 56.5 Å². The molecule has 1 saturated heterocycles. The van der Waals surface area contributed by atoms with E-state index < -0.39 is 6.10 Å². The topological polar surface area (TPSA) is 67.9 Å². The molecule has 1 heterocycles. The van der Waals surface area contributed by atoms with E-state index in [1.165, 1.54) is 77.0 Å². The molecule has 1 amide bonds. The standard InChI is InChI=1S/C34H58N2O4/c1-4-6-8-10-12-14-16-20-32(37)35-31(28-36-26-18-19-27-36)34(29-22-24-30(39-3)25-23-29)40-33(38)21-17-15-13-11-9-7-5-2/h22-25,31,34H,4-21,26-28H2,1-3H3,(H,35,37)/t31-,34-/m0/s1. The molecule has 0 aromatic heterocycles. The summed E-state index contributed by atoms with van der Waals surface area (Å²) in [5.74, 6) is 0.637. The fraction of sp³-hybridized carbons (Fsp3) is 0.765. The lowest BCUT2D eigenvalue weighted by Crippen LogP contribution is -2.47. The van der Waals surface area contributed by atoms with Crippen molar-refractivity contribution in [3.8, 4) is 5.75 Å². The molecule has 0 radical (unpaired) electrons. The van der Waals surface area contributed by atoms with Gasteiger partial charge in [0.25, 0.3) is 0 Å². The van der Waals surface area contributed by atoms with E-state index in [0.29, 0.717) is 19.4 Å². The van der Waals surface area contributed by atoms with Gasteiger partial charge in [-0.25, -0.2) is 0 Å². The molecule has 1 aliphatic rings. The molecule has 0 bridgehead atoms. The monoisotopic (exact) mass is 558 g/mol. The minimum atomic E-state index is -0.526. The molecule has 6 heteroatoms. The maximum Gasteiger partial charge on any atom is 0.306 e. The van der Waals surface area contributed by atoms with E-state index in [-0.39, 0.29) is 17.9 Å². The summed E-state index contributed by atoms with van der Waals surface area (Å²) in [5, 5.41) is 3.29. The highest BCUT2D eigenvalue weighted by Crippen LogP contribution is 2.27. The average Bonchev–Trinajstić information content (AvgIpc) is 3.48. The van der Waals surface area contributed by atoms with Gasteiger partial charge in [-0.2, -0.15) is 0 Å². The van der Waals surface area contributed by atoms with Crippen LogP contribution in [0.1, 0.15) is 141 Å². The van der Waals surface area contributed by atoms with Crippen LogP contribution in [0.2, 0.25) is 0 Å². The van der Waals surface area contributed by atoms with Crippen LogP contribution >= 0.6 is 0 Å². The van der Waals surface area contributed by atoms with Gasteiger partial charge in [0.15, 0.2) is 0 Å². The van der Waals surface area contributed by atoms with Crippen LogP contribution in [-0.4, -0.2) is 49.6 Å². The number of hydrogen-bond donors (Lipinski definition) is 1. The molecule has 1 aromatic rings. The van der Waals surface area contributed by atoms with Gasteiger partial charge in [0.1, 0.15) is 11.9 Å². The number of amides is 1. The van der Waals surface area contributed by atoms with Crippen molar-refractivity contribution >= 4 is 11.9 Å². The highest BCUT2D eigenvalue weighted by Gasteiger charge is 2.31. The number of rotatable bonds is 23. The smallest absolute Gasteiger partial charge is 0.306 e. The Hall–Kier alpha value is -2.08. The van der Waals surface area contributed by atoms with E-state index in [4.69, 9.17) is 9.47 Å². The zero-order valence-corrected chi connectivity index (χ0v) is 25.9. The molecule has 1 aliphatic heterocycles. The number of hydrogen-bond acceptors (Lipinski definition) is 5. The first-order valence-corrected chi connectivity index (χ1v) is 16.4. The lowest BCUT2D eigenvalue weighted by Gasteiger charge is -2.31. The predicted molar refractivity (Wildman–Crippen MR) is 165 cm³/mol. The molecular weight excluding hydrogens is 500 g/mol. The molecule has 0 aliphatic carbocycles. The number of nitrogens with zero attached hydrogens (tertiary/aromatic N) is 1. The van der Waals surface area contributed by atoms with E-state index >= 15 is 0 Å². The molecule has 1 aromatic carbocycles. The number of methoxy groups -OCH3 is 1. The van der Waals surface area contributed by atoms with Gasteiger partial charge in [-0.1, -0.05) is 103 Å². The van der Waals surface area contributed by atoms with Gasteiger partial charge in [0.2, 0.25) is 5.91 Å². The van der Waals surface area contributed by atoms with Crippen molar-refractivity contribution in [2.75, 3.05) is 26.7 Å². The average molecular weight is 559 g/mol. The number of benzene rings is 1. The summed E-state index contributed by atoms with van der Waals surface area (Å²) in [5.41, 5.74) is 0.897. The number of nitrogens with one attached hydrogen (secondary N) is 1. The molecule has 2 atom stereocenters. The minimum absolute atomic E-state index is 0.0550. The normalized spacial score (nSPS) is 15.1. The summed E-state index contributed by atoms with van der Waals surface area (Å²) in [7, 11) is 1.65. The van der Waals surface area contributed by atoms with Gasteiger partial charge < -0.3 is 19.7 Å². The van der Waals surface area contributed by atoms with Gasteiger partial charge in [-0.3, -0.25) is 9.59 Å². The number of carbonyl (C=O) groups excluding carboxylic acids is 2. The van der Waals surface area contributed by atoms with E-state index in [0.717, 1.165) is 50.1 Å². The van der Waals surface area contributed by atoms with Crippen molar-refractivity contribution in [1.29, 1.82) is 0 Å². The maximum atomic E-state index is 13.1. The number of likely N-dealkylation sites (tertiary alicyclic amines) is 1. The molecule has 0 spiro atoms. The number of ether oxygens (including phenoxy) is 2. The SMILES string of the molecule is CCCCCCCCCC(=O)N[C@@H](CN1CCCC1)[C@@H](OC(=O)CCCCCCCCC)c1ccc(OC)cc1. The Balaban J connectivity index is 2.02. The van der Waals surface area contributed by atoms with Crippen LogP contribution in [0.3, 0.4) is 0 Å². The van der Waals surface area contributed by atoms with Crippen LogP contribution in [-0.2, 0) is 14.3 Å². The number of unbranched alkanes of at least 4 members (excludes halogenated alkanes) is 12. The summed E-state index contributed by atoms with van der Waals surface area (Å²) in [6.45, 7) is 7.18. The van der Waals surface area contributed by atoms with Crippen LogP contribution in [0.4, 0.5) is 0 Å². The molecule has 0 unspecified atom stereocenters. The van der Waals surface area contributed by atoms with Gasteiger partial charge in [0, 0.05) is 19.4 Å². The third kappa shape index (κ3) is 14.5. The summed E-state index contributed by atoms with van der Waals surface area (Å²) >= 11 is 0. The van der Waals surface area contributed by atoms with Crippen molar-refractivity contribution in [2.45, 2.75) is 142 Å². The Morgan fingerprint density at radius 2 is 1.30 bits per heavy atom. The fourth-order valence-electron chi connectivity index (χ4n) is 5.59. The van der Waals surface area contributed by atoms with Crippen molar-refractivity contribution in [3.05, 3.63) is 29.8 Å². The second kappa shape index (κ2) is 21.6. The van der Waals surface area contributed by atoms with Crippen molar-refractivity contribution < 1.29 is 19.1 Å². The summed E-state index contributed by atoms with van der Waals surface area (Å²) < 4.78 is 11.6. The molecule has 1 fully saturated rings. The third-order valence-corrected chi connectivity index (χ3v) is 8.06. The largest absolute Gasteiger partial charge is 0.497 e. The van der Waals surface area contributed by atoms with E-state index in [1.54, 1.807) is 7.11 Å². The Labute approximate surface area is 245 Å². The summed E-state index contributed by atoms with van der Waals surface area (Å²) in [6.07, 6.45) is 19.1. The first-order chi connectivity index (χ1) is 19.6. The van der Waals surface area contributed by atoms with Gasteiger partial charge in [-0.15, -0.1) is 0 Å². The Kier molecular flexibility index (Phi) is 18.5. The molecule has 40 heavy (non-hydrogen) atoms. The third-order valence-electron chi connectivity index (χ3n) is 8.06. The first-order valence-electron chi connectivity index (χ1n) is 16.4. The molecular formula is C34H58N2O4. The molecule has 6 nitrogen and oxygen atoms in total. The molecule has 1 N–H and O–H groups in total. The van der Waals surface area contributed by atoms with Gasteiger partial charge in [0.05, 0.1) is 13.2 Å². The lowest BCUT2D eigenvalue weighted by molar-refractivity contribution is -0.152. The lowest BCUT2D eigenvalue weighted by atomic mass is 10.00. The summed E-state index contributed by atoms with van der Waals surface area (Å²) in [6, 6.07) is 7.44. The van der Waals surface area contributed by atoms with Crippen LogP contribution in [0.15, 0.2) is 24.3 Å². The Morgan fingerprint density at radius 1 is 0.775 bits per heavy atom. The van der Waals surface area contributed by atoms with Crippen molar-refractivity contribution in [3.63, 3.8) is 0 Å². The minimum Gasteiger partial charge on any atom is -0.497 e. The Bertz CT molecular complexity index is 792. The first kappa shape index (κ1) is 34.1. The molecule has 228 valence electrons. The maximum absolute atomic E-state index is 13.1. The van der Waals surface area contributed by atoms with Crippen LogP contribution in [0.5, 0.6) is 5.75 Å². The highest BCUT2D eigenvalue weighted by atomic mass is 16.5. The van der Waals surface area contributed by atoms with Crippen molar-refractivity contribution in [1.82, 2.24) is 10.2 Å². The highest BCUT2D eigenvalue weighted by molar-refractivity contribution is 5.76. The van der Waals surface area contributed by atoms with E-state index in [2.05, 4.69) is 24.1 Å². The second-order valence-corrected chi connectivity index (χ2v) is 11.6. The van der Waals surface area contributed by atoms with E-state index in [9.17, 15) is 9.59 Å². The fourth-order valence-corrected chi connectivity index (χ4v) is 5.59. The Morgan fingerprint density at radius 3 is 1.85 bits per heavy atom. The molecule has 0 saturated carbocycles. The molecule has 2 rings (SSSR count). The summed E-state index contributed by atoms with van der Waals surface area (Å²) in [4.78, 5) is 28.6. The van der Waals surface area contributed by atoms with Crippen molar-refractivity contribution in [2.24, 2.45) is 0 Å².